The van der Waals surface area contributed by atoms with Gasteiger partial charge in [0.05, 0.1) is 0 Å². The SMILES string of the molecule is CC(C)c1ccc([C@H]2C[C@@H]2NC(=O)c2ccc[nH]2)cc1. The lowest BCUT2D eigenvalue weighted by atomic mass is 10.0. The molecule has 0 aliphatic heterocycles. The fourth-order valence-electron chi connectivity index (χ4n) is 2.57. The number of benzene rings is 1. The van der Waals surface area contributed by atoms with Crippen LogP contribution in [0.3, 0.4) is 0 Å². The minimum atomic E-state index is -0.0127. The molecular formula is C17H20N2O. The molecule has 1 aromatic heterocycles. The molecule has 2 aromatic rings. The van der Waals surface area contributed by atoms with Crippen LogP contribution in [0, 0.1) is 0 Å². The predicted octanol–water partition coefficient (Wildman–Crippen LogP) is 3.42. The summed E-state index contributed by atoms with van der Waals surface area (Å²) in [6.45, 7) is 4.40. The fraction of sp³-hybridized carbons (Fsp3) is 0.353. The summed E-state index contributed by atoms with van der Waals surface area (Å²) in [6, 6.07) is 12.7. The Morgan fingerprint density at radius 3 is 2.60 bits per heavy atom. The zero-order chi connectivity index (χ0) is 14.1. The molecule has 1 aliphatic rings. The van der Waals surface area contributed by atoms with Crippen molar-refractivity contribution in [2.45, 2.75) is 38.1 Å². The van der Waals surface area contributed by atoms with E-state index in [1.165, 1.54) is 11.1 Å². The number of carbonyl (C=O) groups excluding carboxylic acids is 1. The number of hydrogen-bond acceptors (Lipinski definition) is 1. The van der Waals surface area contributed by atoms with Gasteiger partial charge in [-0.2, -0.15) is 0 Å². The fourth-order valence-corrected chi connectivity index (χ4v) is 2.57. The van der Waals surface area contributed by atoms with Gasteiger partial charge in [-0.3, -0.25) is 4.79 Å². The number of carbonyl (C=O) groups is 1. The van der Waals surface area contributed by atoms with Crippen LogP contribution in [0.5, 0.6) is 0 Å². The summed E-state index contributed by atoms with van der Waals surface area (Å²) in [5, 5.41) is 3.07. The molecule has 0 spiro atoms. The van der Waals surface area contributed by atoms with Crippen LogP contribution >= 0.6 is 0 Å². The zero-order valence-electron chi connectivity index (χ0n) is 11.9. The maximum Gasteiger partial charge on any atom is 0.267 e. The third-order valence-corrected chi connectivity index (χ3v) is 3.98. The van der Waals surface area contributed by atoms with Crippen LogP contribution in [0.4, 0.5) is 0 Å². The number of amides is 1. The van der Waals surface area contributed by atoms with Crippen molar-refractivity contribution >= 4 is 5.91 Å². The van der Waals surface area contributed by atoms with E-state index < -0.39 is 0 Å². The van der Waals surface area contributed by atoms with Crippen molar-refractivity contribution in [1.82, 2.24) is 10.3 Å². The topological polar surface area (TPSA) is 44.9 Å². The highest BCUT2D eigenvalue weighted by atomic mass is 16.2. The Labute approximate surface area is 119 Å². The van der Waals surface area contributed by atoms with E-state index in [2.05, 4.69) is 48.4 Å². The summed E-state index contributed by atoms with van der Waals surface area (Å²) in [7, 11) is 0. The second-order valence-electron chi connectivity index (χ2n) is 5.83. The molecule has 3 rings (SSSR count). The number of H-pyrrole nitrogens is 1. The minimum Gasteiger partial charge on any atom is -0.357 e. The largest absolute Gasteiger partial charge is 0.357 e. The third kappa shape index (κ3) is 2.62. The molecule has 1 aliphatic carbocycles. The molecule has 0 unspecified atom stereocenters. The van der Waals surface area contributed by atoms with Gasteiger partial charge in [0.15, 0.2) is 0 Å². The van der Waals surface area contributed by atoms with E-state index in [9.17, 15) is 4.79 Å². The maximum absolute atomic E-state index is 11.9. The average molecular weight is 268 g/mol. The van der Waals surface area contributed by atoms with E-state index in [4.69, 9.17) is 0 Å². The Kier molecular flexibility index (Phi) is 3.35. The van der Waals surface area contributed by atoms with Crippen molar-refractivity contribution < 1.29 is 4.79 Å². The van der Waals surface area contributed by atoms with Gasteiger partial charge in [-0.15, -0.1) is 0 Å². The molecule has 0 saturated heterocycles. The first-order valence-corrected chi connectivity index (χ1v) is 7.19. The van der Waals surface area contributed by atoms with Crippen molar-refractivity contribution in [1.29, 1.82) is 0 Å². The Bertz CT molecular complexity index is 584. The number of hydrogen-bond donors (Lipinski definition) is 2. The van der Waals surface area contributed by atoms with Crippen LogP contribution in [-0.2, 0) is 0 Å². The van der Waals surface area contributed by atoms with Gasteiger partial charge >= 0.3 is 0 Å². The van der Waals surface area contributed by atoms with E-state index in [1.807, 2.05) is 6.07 Å². The molecule has 0 radical (unpaired) electrons. The van der Waals surface area contributed by atoms with Gasteiger partial charge in [0.25, 0.3) is 5.91 Å². The van der Waals surface area contributed by atoms with Crippen molar-refractivity contribution in [3.8, 4) is 0 Å². The summed E-state index contributed by atoms with van der Waals surface area (Å²) in [4.78, 5) is 14.9. The molecule has 3 nitrogen and oxygen atoms in total. The second kappa shape index (κ2) is 5.16. The third-order valence-electron chi connectivity index (χ3n) is 3.98. The first-order chi connectivity index (χ1) is 9.65. The highest BCUT2D eigenvalue weighted by molar-refractivity contribution is 5.92. The van der Waals surface area contributed by atoms with Crippen molar-refractivity contribution in [2.24, 2.45) is 0 Å². The molecule has 104 valence electrons. The normalized spacial score (nSPS) is 20.9. The number of aromatic nitrogens is 1. The van der Waals surface area contributed by atoms with E-state index in [-0.39, 0.29) is 11.9 Å². The summed E-state index contributed by atoms with van der Waals surface area (Å²) in [6.07, 6.45) is 2.80. The molecule has 20 heavy (non-hydrogen) atoms. The molecule has 2 atom stereocenters. The molecule has 1 fully saturated rings. The molecule has 1 heterocycles. The number of rotatable bonds is 4. The minimum absolute atomic E-state index is 0.0127. The Morgan fingerprint density at radius 1 is 1.25 bits per heavy atom. The summed E-state index contributed by atoms with van der Waals surface area (Å²) >= 11 is 0. The van der Waals surface area contributed by atoms with Crippen molar-refractivity contribution in [3.63, 3.8) is 0 Å². The summed E-state index contributed by atoms with van der Waals surface area (Å²) < 4.78 is 0. The maximum atomic E-state index is 11.9. The van der Waals surface area contributed by atoms with Gasteiger partial charge in [-0.25, -0.2) is 0 Å². The van der Waals surface area contributed by atoms with Crippen LogP contribution in [0.2, 0.25) is 0 Å². The first-order valence-electron chi connectivity index (χ1n) is 7.19. The van der Waals surface area contributed by atoms with E-state index in [1.54, 1.807) is 12.3 Å². The quantitative estimate of drug-likeness (QED) is 0.876. The lowest BCUT2D eigenvalue weighted by Gasteiger charge is -2.07. The van der Waals surface area contributed by atoms with Crippen molar-refractivity contribution in [2.75, 3.05) is 0 Å². The molecule has 1 aromatic carbocycles. The number of nitrogens with one attached hydrogen (secondary N) is 2. The van der Waals surface area contributed by atoms with E-state index in [0.29, 0.717) is 17.5 Å². The van der Waals surface area contributed by atoms with Crippen LogP contribution in [0.1, 0.15) is 53.7 Å². The van der Waals surface area contributed by atoms with Gasteiger partial charge in [-0.1, -0.05) is 38.1 Å². The summed E-state index contributed by atoms with van der Waals surface area (Å²) in [5.41, 5.74) is 3.32. The molecule has 1 saturated carbocycles. The monoisotopic (exact) mass is 268 g/mol. The first kappa shape index (κ1) is 13.0. The van der Waals surface area contributed by atoms with Crippen LogP contribution in [-0.4, -0.2) is 16.9 Å². The molecule has 2 N–H and O–H groups in total. The Balaban J connectivity index is 1.60. The molecular weight excluding hydrogens is 248 g/mol. The molecule has 1 amide bonds. The van der Waals surface area contributed by atoms with Gasteiger partial charge < -0.3 is 10.3 Å². The lowest BCUT2D eigenvalue weighted by molar-refractivity contribution is 0.0946. The Morgan fingerprint density at radius 2 is 2.00 bits per heavy atom. The predicted molar refractivity (Wildman–Crippen MR) is 79.9 cm³/mol. The van der Waals surface area contributed by atoms with E-state index >= 15 is 0 Å². The Hall–Kier alpha value is -2.03. The standard InChI is InChI=1S/C17H20N2O/c1-11(2)12-5-7-13(8-6-12)14-10-16(14)19-17(20)15-4-3-9-18-15/h3-9,11,14,16,18H,10H2,1-2H3,(H,19,20)/t14-,16+/m1/s1. The molecule has 3 heteroatoms. The van der Waals surface area contributed by atoms with Crippen LogP contribution in [0.15, 0.2) is 42.6 Å². The molecule has 0 bridgehead atoms. The lowest BCUT2D eigenvalue weighted by Crippen LogP contribution is -2.26. The van der Waals surface area contributed by atoms with Crippen molar-refractivity contribution in [3.05, 3.63) is 59.4 Å². The highest BCUT2D eigenvalue weighted by Gasteiger charge is 2.39. The second-order valence-corrected chi connectivity index (χ2v) is 5.83. The van der Waals surface area contributed by atoms with Gasteiger partial charge in [-0.05, 0) is 35.6 Å². The van der Waals surface area contributed by atoms with E-state index in [0.717, 1.165) is 6.42 Å². The number of aromatic amines is 1. The van der Waals surface area contributed by atoms with Crippen LogP contribution < -0.4 is 5.32 Å². The smallest absolute Gasteiger partial charge is 0.267 e. The van der Waals surface area contributed by atoms with Gasteiger partial charge in [0.2, 0.25) is 0 Å². The van der Waals surface area contributed by atoms with Crippen LogP contribution in [0.25, 0.3) is 0 Å². The zero-order valence-corrected chi connectivity index (χ0v) is 11.9. The van der Waals surface area contributed by atoms with Gasteiger partial charge in [0.1, 0.15) is 5.69 Å². The highest BCUT2D eigenvalue weighted by Crippen LogP contribution is 2.41. The van der Waals surface area contributed by atoms with Gasteiger partial charge in [0, 0.05) is 18.2 Å². The summed E-state index contributed by atoms with van der Waals surface area (Å²) in [5.74, 6) is 1.02. The average Bonchev–Trinajstić information content (AvgIpc) is 2.99.